The van der Waals surface area contributed by atoms with E-state index >= 15 is 0 Å². The summed E-state index contributed by atoms with van der Waals surface area (Å²) in [6.07, 6.45) is 9.84. The molecule has 0 amide bonds. The Kier molecular flexibility index (Phi) is 8.57. The molecule has 0 spiro atoms. The average Bonchev–Trinajstić information content (AvgIpc) is 2.50. The predicted octanol–water partition coefficient (Wildman–Crippen LogP) is 5.85. The summed E-state index contributed by atoms with van der Waals surface area (Å²) in [7, 11) is 0. The van der Waals surface area contributed by atoms with Gasteiger partial charge >= 0.3 is 0 Å². The smallest absolute Gasteiger partial charge is 0.164 e. The molecular formula is C20H31NO. The van der Waals surface area contributed by atoms with Crippen LogP contribution in [-0.2, 0) is 0 Å². The molecule has 1 unspecified atom stereocenters. The van der Waals surface area contributed by atoms with E-state index in [2.05, 4.69) is 38.2 Å². The largest absolute Gasteiger partial charge is 0.382 e. The number of para-hydroxylation sites is 1. The molecule has 2 heteroatoms. The lowest BCUT2D eigenvalue weighted by Crippen LogP contribution is -2.17. The maximum atomic E-state index is 12.0. The SMILES string of the molecule is CCC(=O)c1ccccc1NC(C)CCCC/C=C/C(C)C. The Balaban J connectivity index is 2.39. The first-order valence-electron chi connectivity index (χ1n) is 8.60. The standard InChI is InChI=1S/C20H31NO/c1-5-20(22)18-14-10-11-15-19(18)21-17(4)13-9-7-6-8-12-16(2)3/h8,10-12,14-17,21H,5-7,9,13H2,1-4H3/b12-8+. The van der Waals surface area contributed by atoms with Crippen LogP contribution in [0.15, 0.2) is 36.4 Å². The van der Waals surface area contributed by atoms with Gasteiger partial charge < -0.3 is 5.32 Å². The van der Waals surface area contributed by atoms with Crippen molar-refractivity contribution in [3.8, 4) is 0 Å². The molecule has 0 heterocycles. The van der Waals surface area contributed by atoms with E-state index in [1.165, 1.54) is 12.8 Å². The number of hydrogen-bond acceptors (Lipinski definition) is 2. The van der Waals surface area contributed by atoms with Crippen LogP contribution in [-0.4, -0.2) is 11.8 Å². The molecule has 0 aliphatic carbocycles. The number of hydrogen-bond donors (Lipinski definition) is 1. The lowest BCUT2D eigenvalue weighted by atomic mass is 10.0. The molecule has 1 rings (SSSR count). The van der Waals surface area contributed by atoms with E-state index in [-0.39, 0.29) is 5.78 Å². The maximum absolute atomic E-state index is 12.0. The van der Waals surface area contributed by atoms with Crippen LogP contribution >= 0.6 is 0 Å². The minimum Gasteiger partial charge on any atom is -0.382 e. The number of rotatable bonds is 10. The lowest BCUT2D eigenvalue weighted by Gasteiger charge is -2.17. The van der Waals surface area contributed by atoms with Crippen molar-refractivity contribution in [1.82, 2.24) is 0 Å². The number of unbranched alkanes of at least 4 members (excludes halogenated alkanes) is 2. The molecule has 0 bridgehead atoms. The zero-order chi connectivity index (χ0) is 16.4. The minimum absolute atomic E-state index is 0.203. The number of ketones is 1. The predicted molar refractivity (Wildman–Crippen MR) is 96.6 cm³/mol. The van der Waals surface area contributed by atoms with Crippen molar-refractivity contribution in [3.63, 3.8) is 0 Å². The summed E-state index contributed by atoms with van der Waals surface area (Å²) in [4.78, 5) is 12.0. The molecular weight excluding hydrogens is 270 g/mol. The Bertz CT molecular complexity index is 476. The molecule has 22 heavy (non-hydrogen) atoms. The van der Waals surface area contributed by atoms with Crippen molar-refractivity contribution >= 4 is 11.5 Å². The van der Waals surface area contributed by atoms with Gasteiger partial charge in [-0.15, -0.1) is 0 Å². The molecule has 1 aromatic rings. The first kappa shape index (κ1) is 18.5. The second-order valence-electron chi connectivity index (χ2n) is 6.32. The van der Waals surface area contributed by atoms with Crippen LogP contribution in [0, 0.1) is 5.92 Å². The first-order valence-corrected chi connectivity index (χ1v) is 8.60. The monoisotopic (exact) mass is 301 g/mol. The maximum Gasteiger partial charge on any atom is 0.164 e. The van der Waals surface area contributed by atoms with Crippen molar-refractivity contribution in [2.45, 2.75) is 65.8 Å². The number of anilines is 1. The van der Waals surface area contributed by atoms with Gasteiger partial charge in [0, 0.05) is 23.7 Å². The summed E-state index contributed by atoms with van der Waals surface area (Å²) in [5.41, 5.74) is 1.79. The number of allylic oxidation sites excluding steroid dienone is 2. The van der Waals surface area contributed by atoms with Gasteiger partial charge in [0.05, 0.1) is 0 Å². The van der Waals surface area contributed by atoms with Gasteiger partial charge in [0.15, 0.2) is 5.78 Å². The Labute approximate surface area is 136 Å². The van der Waals surface area contributed by atoms with Crippen LogP contribution in [0.3, 0.4) is 0 Å². The van der Waals surface area contributed by atoms with Gasteiger partial charge in [-0.1, -0.05) is 51.5 Å². The fourth-order valence-electron chi connectivity index (χ4n) is 2.46. The van der Waals surface area contributed by atoms with Gasteiger partial charge in [0.2, 0.25) is 0 Å². The van der Waals surface area contributed by atoms with Gasteiger partial charge in [-0.05, 0) is 44.2 Å². The highest BCUT2D eigenvalue weighted by Gasteiger charge is 2.10. The third kappa shape index (κ3) is 6.93. The van der Waals surface area contributed by atoms with E-state index < -0.39 is 0 Å². The fraction of sp³-hybridized carbons (Fsp3) is 0.550. The summed E-state index contributed by atoms with van der Waals surface area (Å²) in [5.74, 6) is 0.849. The summed E-state index contributed by atoms with van der Waals surface area (Å²) >= 11 is 0. The molecule has 0 radical (unpaired) electrons. The molecule has 2 nitrogen and oxygen atoms in total. The highest BCUT2D eigenvalue weighted by molar-refractivity contribution is 6.01. The van der Waals surface area contributed by atoms with Gasteiger partial charge in [-0.25, -0.2) is 0 Å². The minimum atomic E-state index is 0.203. The number of benzene rings is 1. The average molecular weight is 301 g/mol. The number of nitrogens with one attached hydrogen (secondary N) is 1. The molecule has 0 aliphatic heterocycles. The van der Waals surface area contributed by atoms with E-state index in [1.807, 2.05) is 31.2 Å². The number of carbonyl (C=O) groups is 1. The van der Waals surface area contributed by atoms with Crippen LogP contribution in [0.4, 0.5) is 5.69 Å². The number of carbonyl (C=O) groups excluding carboxylic acids is 1. The molecule has 0 aliphatic rings. The van der Waals surface area contributed by atoms with Gasteiger partial charge in [-0.2, -0.15) is 0 Å². The Morgan fingerprint density at radius 1 is 1.18 bits per heavy atom. The van der Waals surface area contributed by atoms with Crippen LogP contribution in [0.2, 0.25) is 0 Å². The molecule has 0 saturated carbocycles. The quantitative estimate of drug-likeness (QED) is 0.333. The summed E-state index contributed by atoms with van der Waals surface area (Å²) in [6.45, 7) is 8.51. The molecule has 122 valence electrons. The highest BCUT2D eigenvalue weighted by Crippen LogP contribution is 2.19. The molecule has 1 N–H and O–H groups in total. The zero-order valence-corrected chi connectivity index (χ0v) is 14.6. The number of Topliss-reactive ketones (excluding diaryl/α,β-unsaturated/α-hetero) is 1. The van der Waals surface area contributed by atoms with Gasteiger partial charge in [0.25, 0.3) is 0 Å². The second-order valence-corrected chi connectivity index (χ2v) is 6.32. The van der Waals surface area contributed by atoms with Crippen molar-refractivity contribution in [2.75, 3.05) is 5.32 Å². The van der Waals surface area contributed by atoms with Crippen molar-refractivity contribution in [2.24, 2.45) is 5.92 Å². The van der Waals surface area contributed by atoms with E-state index in [0.29, 0.717) is 18.4 Å². The van der Waals surface area contributed by atoms with Gasteiger partial charge in [0.1, 0.15) is 0 Å². The van der Waals surface area contributed by atoms with Crippen molar-refractivity contribution < 1.29 is 4.79 Å². The molecule has 1 aromatic carbocycles. The summed E-state index contributed by atoms with van der Waals surface area (Å²) in [6, 6.07) is 8.22. The van der Waals surface area contributed by atoms with Crippen LogP contribution in [0.1, 0.15) is 70.2 Å². The normalized spacial score (nSPS) is 12.8. The highest BCUT2D eigenvalue weighted by atomic mass is 16.1. The van der Waals surface area contributed by atoms with Crippen molar-refractivity contribution in [1.29, 1.82) is 0 Å². The Morgan fingerprint density at radius 2 is 1.91 bits per heavy atom. The summed E-state index contributed by atoms with van der Waals surface area (Å²) in [5, 5.41) is 3.50. The zero-order valence-electron chi connectivity index (χ0n) is 14.6. The van der Waals surface area contributed by atoms with E-state index in [9.17, 15) is 4.79 Å². The van der Waals surface area contributed by atoms with E-state index in [1.54, 1.807) is 0 Å². The van der Waals surface area contributed by atoms with Crippen molar-refractivity contribution in [3.05, 3.63) is 42.0 Å². The van der Waals surface area contributed by atoms with E-state index in [4.69, 9.17) is 0 Å². The second kappa shape index (κ2) is 10.2. The van der Waals surface area contributed by atoms with Crippen LogP contribution in [0.5, 0.6) is 0 Å². The van der Waals surface area contributed by atoms with Crippen LogP contribution in [0.25, 0.3) is 0 Å². The summed E-state index contributed by atoms with van der Waals surface area (Å²) < 4.78 is 0. The third-order valence-corrected chi connectivity index (χ3v) is 3.73. The molecule has 0 aromatic heterocycles. The lowest BCUT2D eigenvalue weighted by molar-refractivity contribution is 0.0989. The third-order valence-electron chi connectivity index (χ3n) is 3.73. The van der Waals surface area contributed by atoms with Gasteiger partial charge in [-0.3, -0.25) is 4.79 Å². The topological polar surface area (TPSA) is 29.1 Å². The Hall–Kier alpha value is -1.57. The molecule has 1 atom stereocenters. The van der Waals surface area contributed by atoms with E-state index in [0.717, 1.165) is 24.1 Å². The van der Waals surface area contributed by atoms with Crippen LogP contribution < -0.4 is 5.32 Å². The molecule has 0 saturated heterocycles. The first-order chi connectivity index (χ1) is 10.5. The molecule has 0 fully saturated rings. The Morgan fingerprint density at radius 3 is 2.59 bits per heavy atom. The fourth-order valence-corrected chi connectivity index (χ4v) is 2.46.